The van der Waals surface area contributed by atoms with Crippen molar-refractivity contribution in [2.75, 3.05) is 39.8 Å². The van der Waals surface area contributed by atoms with Crippen molar-refractivity contribution in [1.29, 1.82) is 0 Å². The summed E-state index contributed by atoms with van der Waals surface area (Å²) in [4.78, 5) is 16.3. The minimum absolute atomic E-state index is 0.305. The van der Waals surface area contributed by atoms with Gasteiger partial charge in [0.25, 0.3) is 0 Å². The third-order valence-electron chi connectivity index (χ3n) is 3.70. The lowest BCUT2D eigenvalue weighted by atomic mass is 10.2. The monoisotopic (exact) mass is 275 g/mol. The van der Waals surface area contributed by atoms with Crippen molar-refractivity contribution < 1.29 is 4.79 Å². The van der Waals surface area contributed by atoms with Crippen LogP contribution in [0.4, 0.5) is 0 Å². The van der Waals surface area contributed by atoms with Crippen molar-refractivity contribution in [3.63, 3.8) is 0 Å². The highest BCUT2D eigenvalue weighted by Gasteiger charge is 2.15. The van der Waals surface area contributed by atoms with Gasteiger partial charge in [-0.3, -0.25) is 4.79 Å². The van der Waals surface area contributed by atoms with Crippen LogP contribution in [0.5, 0.6) is 0 Å². The highest BCUT2D eigenvalue weighted by Crippen LogP contribution is 2.05. The summed E-state index contributed by atoms with van der Waals surface area (Å²) in [6.07, 6.45) is 1.60. The highest BCUT2D eigenvalue weighted by atomic mass is 16.2. The average molecular weight is 275 g/mol. The molecule has 0 atom stereocenters. The van der Waals surface area contributed by atoms with Gasteiger partial charge in [-0.15, -0.1) is 0 Å². The molecule has 0 aliphatic carbocycles. The van der Waals surface area contributed by atoms with E-state index in [4.69, 9.17) is 0 Å². The summed E-state index contributed by atoms with van der Waals surface area (Å²) in [5, 5.41) is 3.27. The molecule has 4 heteroatoms. The van der Waals surface area contributed by atoms with Crippen molar-refractivity contribution in [3.05, 3.63) is 35.9 Å². The predicted molar refractivity (Wildman–Crippen MR) is 81.5 cm³/mol. The van der Waals surface area contributed by atoms with E-state index in [1.165, 1.54) is 5.56 Å². The summed E-state index contributed by atoms with van der Waals surface area (Å²) in [5.41, 5.74) is 1.32. The van der Waals surface area contributed by atoms with E-state index in [0.717, 1.165) is 45.7 Å². The number of rotatable bonds is 6. The first-order valence-corrected chi connectivity index (χ1v) is 7.46. The molecule has 1 heterocycles. The molecular weight excluding hydrogens is 250 g/mol. The van der Waals surface area contributed by atoms with E-state index in [2.05, 4.69) is 41.5 Å². The minimum Gasteiger partial charge on any atom is -0.340 e. The predicted octanol–water partition coefficient (Wildman–Crippen LogP) is 1.33. The van der Waals surface area contributed by atoms with Crippen molar-refractivity contribution in [3.8, 4) is 0 Å². The van der Waals surface area contributed by atoms with E-state index in [-0.39, 0.29) is 0 Å². The van der Waals surface area contributed by atoms with Crippen LogP contribution in [0, 0.1) is 0 Å². The fourth-order valence-electron chi connectivity index (χ4n) is 2.55. The third-order valence-corrected chi connectivity index (χ3v) is 3.70. The van der Waals surface area contributed by atoms with Crippen molar-refractivity contribution >= 4 is 5.91 Å². The fourth-order valence-corrected chi connectivity index (χ4v) is 2.55. The molecule has 4 nitrogen and oxygen atoms in total. The van der Waals surface area contributed by atoms with Gasteiger partial charge in [-0.2, -0.15) is 0 Å². The van der Waals surface area contributed by atoms with Gasteiger partial charge in [0.2, 0.25) is 5.91 Å². The van der Waals surface area contributed by atoms with E-state index in [9.17, 15) is 4.79 Å². The Morgan fingerprint density at radius 1 is 1.25 bits per heavy atom. The van der Waals surface area contributed by atoms with Crippen LogP contribution in [0.2, 0.25) is 0 Å². The van der Waals surface area contributed by atoms with Gasteiger partial charge in [0.05, 0.1) is 0 Å². The Hall–Kier alpha value is -1.39. The van der Waals surface area contributed by atoms with Gasteiger partial charge in [-0.05, 0) is 25.6 Å². The van der Waals surface area contributed by atoms with Gasteiger partial charge in [-0.25, -0.2) is 0 Å². The Morgan fingerprint density at radius 2 is 1.95 bits per heavy atom. The molecule has 0 spiro atoms. The number of carbonyl (C=O) groups excluding carboxylic acids is 1. The standard InChI is InChI=1S/C16H25N3O/c1-18(14-15-6-3-2-4-7-15)11-5-8-16(20)19-12-9-17-10-13-19/h2-4,6-7,17H,5,8-14H2,1H3. The molecule has 1 fully saturated rings. The Balaban J connectivity index is 1.63. The SMILES string of the molecule is CN(CCCC(=O)N1CCNCC1)Cc1ccccc1. The molecule has 1 saturated heterocycles. The topological polar surface area (TPSA) is 35.6 Å². The summed E-state index contributed by atoms with van der Waals surface area (Å²) in [6, 6.07) is 10.5. The summed E-state index contributed by atoms with van der Waals surface area (Å²) >= 11 is 0. The third kappa shape index (κ3) is 4.94. The number of hydrogen-bond acceptors (Lipinski definition) is 3. The molecule has 20 heavy (non-hydrogen) atoms. The zero-order chi connectivity index (χ0) is 14.2. The summed E-state index contributed by atoms with van der Waals surface area (Å²) in [7, 11) is 2.11. The molecule has 1 aromatic carbocycles. The molecule has 1 amide bonds. The lowest BCUT2D eigenvalue weighted by molar-refractivity contribution is -0.131. The van der Waals surface area contributed by atoms with Crippen LogP contribution in [0.1, 0.15) is 18.4 Å². The molecule has 0 bridgehead atoms. The van der Waals surface area contributed by atoms with E-state index in [0.29, 0.717) is 12.3 Å². The molecule has 2 rings (SSSR count). The van der Waals surface area contributed by atoms with Crippen LogP contribution in [0.15, 0.2) is 30.3 Å². The van der Waals surface area contributed by atoms with Crippen LogP contribution >= 0.6 is 0 Å². The van der Waals surface area contributed by atoms with Crippen LogP contribution in [0.3, 0.4) is 0 Å². The fraction of sp³-hybridized carbons (Fsp3) is 0.562. The van der Waals surface area contributed by atoms with Gasteiger partial charge < -0.3 is 15.1 Å². The highest BCUT2D eigenvalue weighted by molar-refractivity contribution is 5.76. The van der Waals surface area contributed by atoms with Gasteiger partial charge in [0.1, 0.15) is 0 Å². The number of amides is 1. The average Bonchev–Trinajstić information content (AvgIpc) is 2.49. The summed E-state index contributed by atoms with van der Waals surface area (Å²) in [5.74, 6) is 0.305. The molecule has 1 aliphatic heterocycles. The number of carbonyl (C=O) groups is 1. The van der Waals surface area contributed by atoms with Crippen LogP contribution < -0.4 is 5.32 Å². The van der Waals surface area contributed by atoms with E-state index >= 15 is 0 Å². The molecule has 0 radical (unpaired) electrons. The molecule has 0 unspecified atom stereocenters. The van der Waals surface area contributed by atoms with Crippen molar-refractivity contribution in [2.45, 2.75) is 19.4 Å². The van der Waals surface area contributed by atoms with Gasteiger partial charge in [0, 0.05) is 39.1 Å². The first-order valence-electron chi connectivity index (χ1n) is 7.46. The Kier molecular flexibility index (Phi) is 6.02. The quantitative estimate of drug-likeness (QED) is 0.851. The largest absolute Gasteiger partial charge is 0.340 e. The summed E-state index contributed by atoms with van der Waals surface area (Å²) < 4.78 is 0. The van der Waals surface area contributed by atoms with Crippen LogP contribution in [0.25, 0.3) is 0 Å². The van der Waals surface area contributed by atoms with Crippen LogP contribution in [-0.4, -0.2) is 55.5 Å². The molecular formula is C16H25N3O. The van der Waals surface area contributed by atoms with E-state index in [1.807, 2.05) is 11.0 Å². The minimum atomic E-state index is 0.305. The number of nitrogens with zero attached hydrogens (tertiary/aromatic N) is 2. The maximum atomic E-state index is 12.0. The second kappa shape index (κ2) is 8.02. The second-order valence-corrected chi connectivity index (χ2v) is 5.46. The van der Waals surface area contributed by atoms with Gasteiger partial charge in [-0.1, -0.05) is 30.3 Å². The molecule has 1 N–H and O–H groups in total. The molecule has 1 aliphatic rings. The number of nitrogens with one attached hydrogen (secondary N) is 1. The van der Waals surface area contributed by atoms with Crippen molar-refractivity contribution in [2.24, 2.45) is 0 Å². The maximum absolute atomic E-state index is 12.0. The van der Waals surface area contributed by atoms with Crippen LogP contribution in [-0.2, 0) is 11.3 Å². The first-order chi connectivity index (χ1) is 9.75. The lowest BCUT2D eigenvalue weighted by Gasteiger charge is -2.27. The number of benzene rings is 1. The maximum Gasteiger partial charge on any atom is 0.222 e. The van der Waals surface area contributed by atoms with Crippen molar-refractivity contribution in [1.82, 2.24) is 15.1 Å². The second-order valence-electron chi connectivity index (χ2n) is 5.46. The zero-order valence-electron chi connectivity index (χ0n) is 12.3. The Morgan fingerprint density at radius 3 is 2.65 bits per heavy atom. The van der Waals surface area contributed by atoms with E-state index in [1.54, 1.807) is 0 Å². The molecule has 1 aromatic rings. The number of hydrogen-bond donors (Lipinski definition) is 1. The lowest BCUT2D eigenvalue weighted by Crippen LogP contribution is -2.46. The van der Waals surface area contributed by atoms with E-state index < -0.39 is 0 Å². The Bertz CT molecular complexity index is 401. The van der Waals surface area contributed by atoms with Gasteiger partial charge >= 0.3 is 0 Å². The first kappa shape index (κ1) is 15.0. The zero-order valence-corrected chi connectivity index (χ0v) is 12.3. The number of piperazine rings is 1. The van der Waals surface area contributed by atoms with Gasteiger partial charge in [0.15, 0.2) is 0 Å². The normalized spacial score (nSPS) is 15.6. The molecule has 0 aromatic heterocycles. The Labute approximate surface area is 121 Å². The summed E-state index contributed by atoms with van der Waals surface area (Å²) in [6.45, 7) is 5.49. The molecule has 110 valence electrons. The smallest absolute Gasteiger partial charge is 0.222 e. The molecule has 0 saturated carbocycles.